The third-order valence-corrected chi connectivity index (χ3v) is 4.89. The van der Waals surface area contributed by atoms with Gasteiger partial charge in [0.15, 0.2) is 11.5 Å². The van der Waals surface area contributed by atoms with E-state index in [1.54, 1.807) is 36.4 Å². The molecule has 1 N–H and O–H groups in total. The number of ether oxygens (including phenoxy) is 2. The van der Waals surface area contributed by atoms with Crippen LogP contribution in [0.1, 0.15) is 11.3 Å². The van der Waals surface area contributed by atoms with Crippen LogP contribution in [0.3, 0.4) is 0 Å². The van der Waals surface area contributed by atoms with Crippen LogP contribution in [0.15, 0.2) is 62.5 Å². The van der Waals surface area contributed by atoms with Gasteiger partial charge in [-0.05, 0) is 51.8 Å². The van der Waals surface area contributed by atoms with E-state index in [1.165, 1.54) is 18.3 Å². The van der Waals surface area contributed by atoms with E-state index in [-0.39, 0.29) is 24.8 Å². The Kier molecular flexibility index (Phi) is 5.48. The van der Waals surface area contributed by atoms with Gasteiger partial charge >= 0.3 is 0 Å². The first-order valence-electron chi connectivity index (χ1n) is 8.74. The summed E-state index contributed by atoms with van der Waals surface area (Å²) in [5.41, 5.74) is 3.85. The molecular formula is C20H14BrN3O6. The number of benzene rings is 2. The van der Waals surface area contributed by atoms with Gasteiger partial charge in [0.2, 0.25) is 12.7 Å². The Bertz CT molecular complexity index is 1160. The maximum absolute atomic E-state index is 12.1. The number of non-ortho nitro benzene ring substituents is 1. The second kappa shape index (κ2) is 8.37. The summed E-state index contributed by atoms with van der Waals surface area (Å²) in [6.07, 6.45) is 1.51. The van der Waals surface area contributed by atoms with Crippen molar-refractivity contribution in [3.05, 3.63) is 74.4 Å². The molecule has 152 valence electrons. The van der Waals surface area contributed by atoms with E-state index in [2.05, 4.69) is 26.5 Å². The summed E-state index contributed by atoms with van der Waals surface area (Å²) in [4.78, 5) is 22.4. The number of nitrogens with one attached hydrogen (secondary N) is 1. The normalized spacial score (nSPS) is 12.3. The molecule has 1 amide bonds. The lowest BCUT2D eigenvalue weighted by atomic mass is 10.1. The molecule has 0 radical (unpaired) electrons. The molecular weight excluding hydrogens is 458 g/mol. The van der Waals surface area contributed by atoms with E-state index in [0.717, 1.165) is 5.56 Å². The highest BCUT2D eigenvalue weighted by atomic mass is 79.9. The molecule has 0 unspecified atom stereocenters. The average molecular weight is 472 g/mol. The SMILES string of the molecule is O=C(Cc1ccc2c(c1)OCO2)N/N=C\c1ccc(-c2ccc([N+](=O)[O-])cc2Br)o1. The van der Waals surface area contributed by atoms with Crippen LogP contribution >= 0.6 is 15.9 Å². The lowest BCUT2D eigenvalue weighted by Crippen LogP contribution is -2.19. The van der Waals surface area contributed by atoms with Gasteiger partial charge in [-0.25, -0.2) is 5.43 Å². The fraction of sp³-hybridized carbons (Fsp3) is 0.100. The summed E-state index contributed by atoms with van der Waals surface area (Å²) in [7, 11) is 0. The molecule has 1 aliphatic rings. The van der Waals surface area contributed by atoms with E-state index < -0.39 is 4.92 Å². The summed E-state index contributed by atoms with van der Waals surface area (Å²) in [6, 6.07) is 13.1. The monoisotopic (exact) mass is 471 g/mol. The number of rotatable bonds is 6. The van der Waals surface area contributed by atoms with E-state index in [4.69, 9.17) is 13.9 Å². The van der Waals surface area contributed by atoms with Crippen LogP contribution in [0, 0.1) is 10.1 Å². The van der Waals surface area contributed by atoms with Gasteiger partial charge in [0, 0.05) is 22.2 Å². The largest absolute Gasteiger partial charge is 0.455 e. The number of nitro benzene ring substituents is 1. The van der Waals surface area contributed by atoms with Gasteiger partial charge in [0.05, 0.1) is 17.6 Å². The number of hydrogen-bond donors (Lipinski definition) is 1. The van der Waals surface area contributed by atoms with Crippen molar-refractivity contribution in [1.29, 1.82) is 0 Å². The third-order valence-electron chi connectivity index (χ3n) is 4.24. The molecule has 0 fully saturated rings. The Morgan fingerprint density at radius 1 is 1.17 bits per heavy atom. The standard InChI is InChI=1S/C20H14BrN3O6/c21-16-9-13(24(26)27)2-4-15(16)17-6-3-14(30-17)10-22-23-20(25)8-12-1-5-18-19(7-12)29-11-28-18/h1-7,9-10H,8,11H2,(H,23,25)/b22-10-. The topological polar surface area (TPSA) is 116 Å². The van der Waals surface area contributed by atoms with Gasteiger partial charge in [0.1, 0.15) is 11.5 Å². The molecule has 1 aliphatic heterocycles. The number of furan rings is 1. The van der Waals surface area contributed by atoms with Crippen LogP contribution in [0.2, 0.25) is 0 Å². The first kappa shape index (κ1) is 19.6. The summed E-state index contributed by atoms with van der Waals surface area (Å²) in [5.74, 6) is 1.90. The van der Waals surface area contributed by atoms with Gasteiger partial charge < -0.3 is 13.9 Å². The molecule has 10 heteroatoms. The Morgan fingerprint density at radius 2 is 2.00 bits per heavy atom. The number of nitro groups is 1. The Labute approximate surface area is 178 Å². The molecule has 0 atom stereocenters. The number of amides is 1. The van der Waals surface area contributed by atoms with E-state index in [1.807, 2.05) is 0 Å². The van der Waals surface area contributed by atoms with Crippen molar-refractivity contribution >= 4 is 33.7 Å². The number of nitrogens with zero attached hydrogens (tertiary/aromatic N) is 2. The summed E-state index contributed by atoms with van der Waals surface area (Å²) in [5, 5.41) is 14.7. The molecule has 0 saturated heterocycles. The molecule has 9 nitrogen and oxygen atoms in total. The summed E-state index contributed by atoms with van der Waals surface area (Å²) in [6.45, 7) is 0.177. The molecule has 4 rings (SSSR count). The molecule has 2 aromatic carbocycles. The summed E-state index contributed by atoms with van der Waals surface area (Å²) < 4.78 is 16.7. The maximum Gasteiger partial charge on any atom is 0.270 e. The highest BCUT2D eigenvalue weighted by molar-refractivity contribution is 9.10. The van der Waals surface area contributed by atoms with Crippen molar-refractivity contribution in [2.75, 3.05) is 6.79 Å². The molecule has 1 aromatic heterocycles. The van der Waals surface area contributed by atoms with Crippen molar-refractivity contribution in [2.24, 2.45) is 5.10 Å². The quantitative estimate of drug-likeness (QED) is 0.329. The lowest BCUT2D eigenvalue weighted by molar-refractivity contribution is -0.384. The van der Waals surface area contributed by atoms with Crippen molar-refractivity contribution in [2.45, 2.75) is 6.42 Å². The number of hydrogen-bond acceptors (Lipinski definition) is 7. The third kappa shape index (κ3) is 4.33. The number of hydrazone groups is 1. The van der Waals surface area contributed by atoms with Gasteiger partial charge in [-0.15, -0.1) is 0 Å². The van der Waals surface area contributed by atoms with Crippen molar-refractivity contribution in [3.8, 4) is 22.8 Å². The molecule has 0 bridgehead atoms. The fourth-order valence-corrected chi connectivity index (χ4v) is 3.39. The number of carbonyl (C=O) groups is 1. The predicted octanol–water partition coefficient (Wildman–Crippen LogP) is 4.04. The second-order valence-corrected chi connectivity index (χ2v) is 7.14. The van der Waals surface area contributed by atoms with E-state index in [0.29, 0.717) is 33.1 Å². The minimum Gasteiger partial charge on any atom is -0.455 e. The molecule has 0 aliphatic carbocycles. The molecule has 3 aromatic rings. The van der Waals surface area contributed by atoms with Crippen molar-refractivity contribution in [3.63, 3.8) is 0 Å². The van der Waals surface area contributed by atoms with E-state index in [9.17, 15) is 14.9 Å². The first-order valence-corrected chi connectivity index (χ1v) is 9.53. The zero-order valence-electron chi connectivity index (χ0n) is 15.3. The minimum absolute atomic E-state index is 0.0239. The fourth-order valence-electron chi connectivity index (χ4n) is 2.83. The van der Waals surface area contributed by atoms with Crippen LogP contribution in [-0.4, -0.2) is 23.8 Å². The van der Waals surface area contributed by atoms with Crippen LogP contribution in [0.4, 0.5) is 5.69 Å². The van der Waals surface area contributed by atoms with Crippen LogP contribution < -0.4 is 14.9 Å². The Morgan fingerprint density at radius 3 is 2.80 bits per heavy atom. The van der Waals surface area contributed by atoms with Gasteiger partial charge in [0.25, 0.3) is 5.69 Å². The zero-order chi connectivity index (χ0) is 21.1. The number of carbonyl (C=O) groups excluding carboxylic acids is 1. The second-order valence-electron chi connectivity index (χ2n) is 6.28. The number of fused-ring (bicyclic) bond motifs is 1. The minimum atomic E-state index is -0.471. The smallest absolute Gasteiger partial charge is 0.270 e. The predicted molar refractivity (Wildman–Crippen MR) is 111 cm³/mol. The molecule has 2 heterocycles. The Balaban J connectivity index is 1.36. The highest BCUT2D eigenvalue weighted by Crippen LogP contribution is 2.33. The van der Waals surface area contributed by atoms with Crippen LogP contribution in [0.5, 0.6) is 11.5 Å². The molecule has 30 heavy (non-hydrogen) atoms. The summed E-state index contributed by atoms with van der Waals surface area (Å²) >= 11 is 3.31. The first-order chi connectivity index (χ1) is 14.5. The van der Waals surface area contributed by atoms with Gasteiger partial charge in [-0.1, -0.05) is 6.07 Å². The Hall–Kier alpha value is -3.66. The van der Waals surface area contributed by atoms with Crippen LogP contribution in [-0.2, 0) is 11.2 Å². The zero-order valence-corrected chi connectivity index (χ0v) is 16.9. The lowest BCUT2D eigenvalue weighted by Gasteiger charge is -2.02. The highest BCUT2D eigenvalue weighted by Gasteiger charge is 2.15. The van der Waals surface area contributed by atoms with Crippen molar-refractivity contribution < 1.29 is 23.6 Å². The van der Waals surface area contributed by atoms with E-state index >= 15 is 0 Å². The van der Waals surface area contributed by atoms with Gasteiger partial charge in [-0.3, -0.25) is 14.9 Å². The van der Waals surface area contributed by atoms with Crippen LogP contribution in [0.25, 0.3) is 11.3 Å². The maximum atomic E-state index is 12.1. The molecule has 0 saturated carbocycles. The molecule has 0 spiro atoms. The average Bonchev–Trinajstić information content (AvgIpc) is 3.37. The van der Waals surface area contributed by atoms with Gasteiger partial charge in [-0.2, -0.15) is 5.10 Å². The number of halogens is 1. The van der Waals surface area contributed by atoms with Crippen molar-refractivity contribution in [1.82, 2.24) is 5.43 Å².